The van der Waals surface area contributed by atoms with Gasteiger partial charge < -0.3 is 5.32 Å². The van der Waals surface area contributed by atoms with E-state index in [2.05, 4.69) is 5.32 Å². The number of rotatable bonds is 7. The van der Waals surface area contributed by atoms with Crippen molar-refractivity contribution in [3.05, 3.63) is 87.8 Å². The number of halogens is 1. The molecule has 0 atom stereocenters. The number of thiophene rings is 1. The highest BCUT2D eigenvalue weighted by molar-refractivity contribution is 7.92. The second kappa shape index (κ2) is 9.78. The lowest BCUT2D eigenvalue weighted by Gasteiger charge is -2.24. The van der Waals surface area contributed by atoms with Crippen LogP contribution in [-0.4, -0.2) is 20.9 Å². The van der Waals surface area contributed by atoms with Crippen LogP contribution in [0.1, 0.15) is 34.1 Å². The summed E-state index contributed by atoms with van der Waals surface area (Å²) in [5.74, 6) is -0.231. The first-order chi connectivity index (χ1) is 16.2. The number of nitrogens with one attached hydrogen (secondary N) is 1. The summed E-state index contributed by atoms with van der Waals surface area (Å²) < 4.78 is 29.1. The minimum absolute atomic E-state index is 0.231. The van der Waals surface area contributed by atoms with Crippen LogP contribution in [0.3, 0.4) is 0 Å². The maximum absolute atomic E-state index is 13.4. The summed E-state index contributed by atoms with van der Waals surface area (Å²) >= 11 is 7.53. The number of sulfonamides is 1. The molecule has 0 unspecified atom stereocenters. The standard InChI is InChI=1S/C26H25ClN2O3S2/c1-4-14-29(34(31,32)21-11-8-17(2)9-12-21)20-10-13-24-19(15-20)16-25(33-24)26(30)28-23-7-5-6-22(27)18(23)3/h5-13,15-16H,4,14H2,1-3H3,(H,28,30). The normalized spacial score (nSPS) is 11.5. The minimum Gasteiger partial charge on any atom is -0.321 e. The number of hydrogen-bond acceptors (Lipinski definition) is 4. The second-order valence-electron chi connectivity index (χ2n) is 8.09. The Balaban J connectivity index is 1.66. The molecule has 4 rings (SSSR count). The second-order valence-corrected chi connectivity index (χ2v) is 11.4. The molecule has 1 amide bonds. The fourth-order valence-corrected chi connectivity index (χ4v) is 6.31. The first kappa shape index (κ1) is 24.3. The average Bonchev–Trinajstić information content (AvgIpc) is 3.24. The molecule has 5 nitrogen and oxygen atoms in total. The van der Waals surface area contributed by atoms with Gasteiger partial charge in [0.05, 0.1) is 15.5 Å². The SMILES string of the molecule is CCCN(c1ccc2sc(C(=O)Nc3cccc(Cl)c3C)cc2c1)S(=O)(=O)c1ccc(C)cc1. The molecule has 3 aromatic carbocycles. The van der Waals surface area contributed by atoms with Gasteiger partial charge in [-0.1, -0.05) is 42.3 Å². The van der Waals surface area contributed by atoms with Crippen molar-refractivity contribution in [1.82, 2.24) is 0 Å². The summed E-state index contributed by atoms with van der Waals surface area (Å²) in [5, 5.41) is 4.32. The van der Waals surface area contributed by atoms with Crippen LogP contribution < -0.4 is 9.62 Å². The van der Waals surface area contributed by atoms with E-state index in [1.165, 1.54) is 15.6 Å². The first-order valence-electron chi connectivity index (χ1n) is 10.9. The monoisotopic (exact) mass is 512 g/mol. The van der Waals surface area contributed by atoms with E-state index in [9.17, 15) is 13.2 Å². The minimum atomic E-state index is -3.72. The molecule has 176 valence electrons. The highest BCUT2D eigenvalue weighted by Crippen LogP contribution is 2.33. The van der Waals surface area contributed by atoms with Gasteiger partial charge in [-0.15, -0.1) is 11.3 Å². The molecule has 0 radical (unpaired) electrons. The Morgan fingerprint density at radius 3 is 2.47 bits per heavy atom. The van der Waals surface area contributed by atoms with E-state index in [4.69, 9.17) is 11.6 Å². The van der Waals surface area contributed by atoms with Gasteiger partial charge in [0.25, 0.3) is 15.9 Å². The molecule has 0 saturated carbocycles. The quantitative estimate of drug-likeness (QED) is 0.289. The highest BCUT2D eigenvalue weighted by atomic mass is 35.5. The van der Waals surface area contributed by atoms with Gasteiger partial charge in [-0.2, -0.15) is 0 Å². The number of aryl methyl sites for hydroxylation is 1. The van der Waals surface area contributed by atoms with Crippen LogP contribution in [0.15, 0.2) is 71.6 Å². The lowest BCUT2D eigenvalue weighted by Crippen LogP contribution is -2.31. The van der Waals surface area contributed by atoms with Crippen molar-refractivity contribution in [3.8, 4) is 0 Å². The zero-order valence-corrected chi connectivity index (χ0v) is 21.5. The van der Waals surface area contributed by atoms with Crippen molar-refractivity contribution in [2.24, 2.45) is 0 Å². The molecule has 1 aromatic heterocycles. The summed E-state index contributed by atoms with van der Waals surface area (Å²) in [5.41, 5.74) is 3.04. The Hall–Kier alpha value is -2.87. The predicted molar refractivity (Wildman–Crippen MR) is 142 cm³/mol. The van der Waals surface area contributed by atoms with Crippen LogP contribution in [0.4, 0.5) is 11.4 Å². The summed E-state index contributed by atoms with van der Waals surface area (Å²) in [6, 6.07) is 19.5. The summed E-state index contributed by atoms with van der Waals surface area (Å²) in [6.45, 7) is 6.08. The van der Waals surface area contributed by atoms with Gasteiger partial charge in [0, 0.05) is 22.0 Å². The van der Waals surface area contributed by atoms with Gasteiger partial charge in [-0.05, 0) is 79.7 Å². The molecule has 1 N–H and O–H groups in total. The summed E-state index contributed by atoms with van der Waals surface area (Å²) in [6.07, 6.45) is 0.666. The molecule has 8 heteroatoms. The third-order valence-corrected chi connectivity index (χ3v) is 8.93. The number of hydrogen-bond donors (Lipinski definition) is 1. The van der Waals surface area contributed by atoms with Gasteiger partial charge in [-0.3, -0.25) is 9.10 Å². The average molecular weight is 513 g/mol. The largest absolute Gasteiger partial charge is 0.321 e. The van der Waals surface area contributed by atoms with E-state index in [1.54, 1.807) is 48.5 Å². The topological polar surface area (TPSA) is 66.5 Å². The Bertz CT molecular complexity index is 1460. The number of anilines is 2. The van der Waals surface area contributed by atoms with E-state index in [0.717, 1.165) is 21.2 Å². The van der Waals surface area contributed by atoms with Gasteiger partial charge in [0.15, 0.2) is 0 Å². The number of carbonyl (C=O) groups is 1. The highest BCUT2D eigenvalue weighted by Gasteiger charge is 2.25. The van der Waals surface area contributed by atoms with Crippen molar-refractivity contribution < 1.29 is 13.2 Å². The molecule has 4 aromatic rings. The van der Waals surface area contributed by atoms with E-state index < -0.39 is 10.0 Å². The fraction of sp³-hybridized carbons (Fsp3) is 0.192. The zero-order valence-electron chi connectivity index (χ0n) is 19.1. The number of fused-ring (bicyclic) bond motifs is 1. The maximum Gasteiger partial charge on any atom is 0.265 e. The van der Waals surface area contributed by atoms with Crippen LogP contribution in [-0.2, 0) is 10.0 Å². The lowest BCUT2D eigenvalue weighted by molar-refractivity contribution is 0.103. The molecule has 0 spiro atoms. The first-order valence-corrected chi connectivity index (χ1v) is 13.5. The Morgan fingerprint density at radius 1 is 1.03 bits per heavy atom. The van der Waals surface area contributed by atoms with Crippen molar-refractivity contribution in [1.29, 1.82) is 0 Å². The van der Waals surface area contributed by atoms with Crippen LogP contribution in [0.25, 0.3) is 10.1 Å². The molecular weight excluding hydrogens is 488 g/mol. The zero-order chi connectivity index (χ0) is 24.5. The van der Waals surface area contributed by atoms with Gasteiger partial charge >= 0.3 is 0 Å². The number of benzene rings is 3. The van der Waals surface area contributed by atoms with Crippen molar-refractivity contribution in [3.63, 3.8) is 0 Å². The van der Waals surface area contributed by atoms with E-state index in [0.29, 0.717) is 34.2 Å². The van der Waals surface area contributed by atoms with E-state index >= 15 is 0 Å². The molecule has 1 heterocycles. The summed E-state index contributed by atoms with van der Waals surface area (Å²) in [7, 11) is -3.72. The third kappa shape index (κ3) is 4.82. The van der Waals surface area contributed by atoms with Crippen LogP contribution >= 0.6 is 22.9 Å². The molecular formula is C26H25ClN2O3S2. The van der Waals surface area contributed by atoms with Crippen LogP contribution in [0.2, 0.25) is 5.02 Å². The fourth-order valence-electron chi connectivity index (χ4n) is 3.65. The van der Waals surface area contributed by atoms with Gasteiger partial charge in [0.1, 0.15) is 0 Å². The van der Waals surface area contributed by atoms with Crippen LogP contribution in [0.5, 0.6) is 0 Å². The summed E-state index contributed by atoms with van der Waals surface area (Å²) in [4.78, 5) is 13.7. The molecule has 0 fully saturated rings. The molecule has 0 bridgehead atoms. The molecule has 0 saturated heterocycles. The number of carbonyl (C=O) groups excluding carboxylic acids is 1. The maximum atomic E-state index is 13.4. The van der Waals surface area contributed by atoms with Crippen molar-refractivity contribution in [2.75, 3.05) is 16.2 Å². The predicted octanol–water partition coefficient (Wildman–Crippen LogP) is 7.03. The Labute approximate surface area is 209 Å². The molecule has 34 heavy (non-hydrogen) atoms. The van der Waals surface area contributed by atoms with Gasteiger partial charge in [-0.25, -0.2) is 8.42 Å². The number of amides is 1. The molecule has 0 aliphatic rings. The lowest BCUT2D eigenvalue weighted by atomic mass is 10.2. The van der Waals surface area contributed by atoms with Crippen molar-refractivity contribution in [2.45, 2.75) is 32.1 Å². The molecule has 0 aliphatic heterocycles. The Kier molecular flexibility index (Phi) is 6.98. The van der Waals surface area contributed by atoms with Gasteiger partial charge in [0.2, 0.25) is 0 Å². The third-order valence-electron chi connectivity index (χ3n) is 5.56. The molecule has 0 aliphatic carbocycles. The smallest absolute Gasteiger partial charge is 0.265 e. The van der Waals surface area contributed by atoms with E-state index in [-0.39, 0.29) is 10.8 Å². The van der Waals surface area contributed by atoms with Crippen LogP contribution in [0, 0.1) is 13.8 Å². The van der Waals surface area contributed by atoms with E-state index in [1.807, 2.05) is 39.0 Å². The van der Waals surface area contributed by atoms with Crippen molar-refractivity contribution >= 4 is 60.3 Å². The Morgan fingerprint density at radius 2 is 1.76 bits per heavy atom. The number of nitrogens with zero attached hydrogens (tertiary/aromatic N) is 1.